The van der Waals surface area contributed by atoms with Gasteiger partial charge in [0.25, 0.3) is 5.91 Å². The van der Waals surface area contributed by atoms with Gasteiger partial charge in [0, 0.05) is 6.54 Å². The Morgan fingerprint density at radius 1 is 1.14 bits per heavy atom. The van der Waals surface area contributed by atoms with Gasteiger partial charge in [-0.2, -0.15) is 13.2 Å². The minimum absolute atomic E-state index is 0.0905. The highest BCUT2D eigenvalue weighted by Gasteiger charge is 2.32. The molecule has 3 aromatic heterocycles. The van der Waals surface area contributed by atoms with Crippen molar-refractivity contribution in [1.82, 2.24) is 19.6 Å². The molecule has 4 rings (SSSR count). The van der Waals surface area contributed by atoms with E-state index in [0.717, 1.165) is 18.3 Å². The summed E-state index contributed by atoms with van der Waals surface area (Å²) in [5.41, 5.74) is -0.449. The van der Waals surface area contributed by atoms with Crippen molar-refractivity contribution in [1.29, 1.82) is 0 Å². The normalized spacial score (nSPS) is 17.3. The Hall–Kier alpha value is -3.24. The summed E-state index contributed by atoms with van der Waals surface area (Å²) < 4.78 is 52.5. The fourth-order valence-corrected chi connectivity index (χ4v) is 2.94. The molecule has 0 bridgehead atoms. The van der Waals surface area contributed by atoms with Gasteiger partial charge in [0.2, 0.25) is 0 Å². The Labute approximate surface area is 156 Å². The Kier molecular flexibility index (Phi) is 4.36. The molecule has 1 aliphatic heterocycles. The van der Waals surface area contributed by atoms with Crippen LogP contribution in [0.5, 0.6) is 0 Å². The van der Waals surface area contributed by atoms with Crippen molar-refractivity contribution < 1.29 is 22.4 Å². The summed E-state index contributed by atoms with van der Waals surface area (Å²) in [4.78, 5) is 21.7. The van der Waals surface area contributed by atoms with Crippen LogP contribution in [0.1, 0.15) is 22.6 Å². The molecule has 1 amide bonds. The van der Waals surface area contributed by atoms with Crippen molar-refractivity contribution in [3.63, 3.8) is 0 Å². The topological polar surface area (TPSA) is 75.4 Å². The zero-order chi connectivity index (χ0) is 19.9. The number of halogens is 4. The Morgan fingerprint density at radius 3 is 2.61 bits per heavy atom. The fraction of sp³-hybridized carbons (Fsp3) is 0.294. The van der Waals surface area contributed by atoms with Crippen molar-refractivity contribution >= 4 is 23.1 Å². The molecule has 11 heteroatoms. The molecule has 0 spiro atoms. The molecule has 146 valence electrons. The van der Waals surface area contributed by atoms with E-state index in [4.69, 9.17) is 0 Å². The number of nitrogens with zero attached hydrogens (tertiary/aromatic N) is 5. The first kappa shape index (κ1) is 18.1. The molecule has 1 fully saturated rings. The number of nitrogens with one attached hydrogen (secondary N) is 1. The van der Waals surface area contributed by atoms with Gasteiger partial charge in [-0.1, -0.05) is 0 Å². The largest absolute Gasteiger partial charge is 0.433 e. The van der Waals surface area contributed by atoms with Gasteiger partial charge < -0.3 is 10.2 Å². The first-order valence-corrected chi connectivity index (χ1v) is 8.39. The number of rotatable bonds is 3. The Balaban J connectivity index is 1.57. The zero-order valence-corrected chi connectivity index (χ0v) is 14.3. The molecule has 1 atom stereocenters. The number of hydrogen-bond donors (Lipinski definition) is 1. The molecule has 1 saturated heterocycles. The van der Waals surface area contributed by atoms with Gasteiger partial charge in [0.15, 0.2) is 11.3 Å². The molecular weight excluding hydrogens is 380 g/mol. The van der Waals surface area contributed by atoms with Gasteiger partial charge in [-0.25, -0.2) is 18.9 Å². The van der Waals surface area contributed by atoms with Crippen LogP contribution in [0.15, 0.2) is 36.7 Å². The second kappa shape index (κ2) is 6.73. The van der Waals surface area contributed by atoms with Gasteiger partial charge >= 0.3 is 6.18 Å². The molecule has 1 aliphatic rings. The molecule has 4 heterocycles. The van der Waals surface area contributed by atoms with Crippen LogP contribution >= 0.6 is 0 Å². The lowest BCUT2D eigenvalue weighted by molar-refractivity contribution is -0.141. The Bertz CT molecular complexity index is 1020. The van der Waals surface area contributed by atoms with Crippen LogP contribution in [-0.2, 0) is 6.18 Å². The quantitative estimate of drug-likeness (QED) is 0.692. The van der Waals surface area contributed by atoms with Crippen molar-refractivity contribution in [2.45, 2.75) is 18.8 Å². The average Bonchev–Trinajstić information content (AvgIpc) is 3.27. The van der Waals surface area contributed by atoms with Crippen molar-refractivity contribution in [3.05, 3.63) is 48.0 Å². The molecular formula is C17H14F4N6O. The van der Waals surface area contributed by atoms with E-state index in [1.807, 2.05) is 0 Å². The second-order valence-corrected chi connectivity index (χ2v) is 6.32. The van der Waals surface area contributed by atoms with Crippen LogP contribution in [-0.4, -0.2) is 44.8 Å². The predicted octanol–water partition coefficient (Wildman–Crippen LogP) is 2.94. The maximum absolute atomic E-state index is 13.4. The summed E-state index contributed by atoms with van der Waals surface area (Å²) in [7, 11) is 0. The van der Waals surface area contributed by atoms with E-state index in [1.165, 1.54) is 10.7 Å². The summed E-state index contributed by atoms with van der Waals surface area (Å²) in [6.45, 7) is 0.749. The molecule has 0 saturated carbocycles. The van der Waals surface area contributed by atoms with Crippen LogP contribution in [0.4, 0.5) is 29.1 Å². The van der Waals surface area contributed by atoms with E-state index < -0.39 is 23.9 Å². The van der Waals surface area contributed by atoms with E-state index in [-0.39, 0.29) is 17.9 Å². The summed E-state index contributed by atoms with van der Waals surface area (Å²) in [6.07, 6.45) is -2.83. The molecule has 0 radical (unpaired) electrons. The standard InChI is InChI=1S/C17H14F4N6O/c18-10-5-6-26(9-10)15-4-3-14-23-8-12(27(14)25-15)16(28)24-11-1-2-13(22-7-11)17(19,20)21/h1-4,7-8,10H,5-6,9H2,(H,24,28). The van der Waals surface area contributed by atoms with Gasteiger partial charge in [0.05, 0.1) is 24.6 Å². The third-order valence-electron chi connectivity index (χ3n) is 4.35. The zero-order valence-electron chi connectivity index (χ0n) is 14.3. The summed E-state index contributed by atoms with van der Waals surface area (Å²) in [5.74, 6) is -0.0978. The summed E-state index contributed by atoms with van der Waals surface area (Å²) >= 11 is 0. The summed E-state index contributed by atoms with van der Waals surface area (Å²) in [6, 6.07) is 5.24. The first-order valence-electron chi connectivity index (χ1n) is 8.39. The van der Waals surface area contributed by atoms with Gasteiger partial charge in [-0.3, -0.25) is 4.79 Å². The third kappa shape index (κ3) is 3.47. The van der Waals surface area contributed by atoms with E-state index in [0.29, 0.717) is 24.4 Å². The minimum atomic E-state index is -4.56. The Morgan fingerprint density at radius 2 is 1.96 bits per heavy atom. The number of alkyl halides is 4. The number of hydrogen-bond acceptors (Lipinski definition) is 5. The van der Waals surface area contributed by atoms with Crippen LogP contribution in [0.2, 0.25) is 0 Å². The third-order valence-corrected chi connectivity index (χ3v) is 4.35. The molecule has 28 heavy (non-hydrogen) atoms. The predicted molar refractivity (Wildman–Crippen MR) is 91.9 cm³/mol. The number of carbonyl (C=O) groups excluding carboxylic acids is 1. The van der Waals surface area contributed by atoms with Crippen LogP contribution < -0.4 is 10.2 Å². The smallest absolute Gasteiger partial charge is 0.352 e. The number of pyridine rings is 1. The SMILES string of the molecule is O=C(Nc1ccc(C(F)(F)F)nc1)c1cnc2ccc(N3CCC(F)C3)nn12. The van der Waals surface area contributed by atoms with E-state index >= 15 is 0 Å². The lowest BCUT2D eigenvalue weighted by Gasteiger charge is -2.16. The number of amides is 1. The number of aromatic nitrogens is 4. The highest BCUT2D eigenvalue weighted by molar-refractivity contribution is 6.03. The van der Waals surface area contributed by atoms with Gasteiger partial charge in [-0.05, 0) is 30.7 Å². The lowest BCUT2D eigenvalue weighted by Crippen LogP contribution is -2.23. The highest BCUT2D eigenvalue weighted by atomic mass is 19.4. The monoisotopic (exact) mass is 394 g/mol. The van der Waals surface area contributed by atoms with Crippen LogP contribution in [0.25, 0.3) is 5.65 Å². The summed E-state index contributed by atoms with van der Waals surface area (Å²) in [5, 5.41) is 6.82. The number of fused-ring (bicyclic) bond motifs is 1. The first-order chi connectivity index (χ1) is 13.3. The lowest BCUT2D eigenvalue weighted by atomic mass is 10.3. The molecule has 7 nitrogen and oxygen atoms in total. The van der Waals surface area contributed by atoms with E-state index in [2.05, 4.69) is 20.4 Å². The second-order valence-electron chi connectivity index (χ2n) is 6.32. The molecule has 1 unspecified atom stereocenters. The van der Waals surface area contributed by atoms with Crippen LogP contribution in [0.3, 0.4) is 0 Å². The van der Waals surface area contributed by atoms with Crippen LogP contribution in [0, 0.1) is 0 Å². The maximum atomic E-state index is 13.4. The highest BCUT2D eigenvalue weighted by Crippen LogP contribution is 2.28. The number of imidazole rings is 1. The van der Waals surface area contributed by atoms with Gasteiger partial charge in [0.1, 0.15) is 17.7 Å². The average molecular weight is 394 g/mol. The van der Waals surface area contributed by atoms with Gasteiger partial charge in [-0.15, -0.1) is 5.10 Å². The number of carbonyl (C=O) groups is 1. The minimum Gasteiger partial charge on any atom is -0.352 e. The van der Waals surface area contributed by atoms with E-state index in [1.54, 1.807) is 17.0 Å². The molecule has 0 aliphatic carbocycles. The van der Waals surface area contributed by atoms with Crippen molar-refractivity contribution in [3.8, 4) is 0 Å². The molecule has 0 aromatic carbocycles. The number of anilines is 2. The molecule has 3 aromatic rings. The van der Waals surface area contributed by atoms with Crippen molar-refractivity contribution in [2.24, 2.45) is 0 Å². The maximum Gasteiger partial charge on any atom is 0.433 e. The van der Waals surface area contributed by atoms with E-state index in [9.17, 15) is 22.4 Å². The molecule has 1 N–H and O–H groups in total. The fourth-order valence-electron chi connectivity index (χ4n) is 2.94. The van der Waals surface area contributed by atoms with Crippen molar-refractivity contribution in [2.75, 3.05) is 23.3 Å².